The monoisotopic (exact) mass is 239 g/mol. The van der Waals surface area contributed by atoms with Crippen LogP contribution in [-0.4, -0.2) is 23.3 Å². The average molecular weight is 239 g/mol. The first kappa shape index (κ1) is 14.2. The Labute approximate surface area is 105 Å². The number of rotatable bonds is 3. The molecule has 2 atom stereocenters. The molecule has 0 bridgehead atoms. The van der Waals surface area contributed by atoms with Crippen molar-refractivity contribution in [2.45, 2.75) is 48.0 Å². The molecule has 0 radical (unpaired) electrons. The highest BCUT2D eigenvalue weighted by Crippen LogP contribution is 2.32. The summed E-state index contributed by atoms with van der Waals surface area (Å²) in [6.07, 6.45) is 0.397. The van der Waals surface area contributed by atoms with Crippen LogP contribution in [0.2, 0.25) is 0 Å². The van der Waals surface area contributed by atoms with Crippen molar-refractivity contribution >= 4 is 11.8 Å². The van der Waals surface area contributed by atoms with Gasteiger partial charge in [-0.25, -0.2) is 0 Å². The molecule has 0 aliphatic carbocycles. The van der Waals surface area contributed by atoms with E-state index in [0.29, 0.717) is 18.9 Å². The van der Waals surface area contributed by atoms with Crippen molar-refractivity contribution in [2.24, 2.45) is 23.2 Å². The lowest BCUT2D eigenvalue weighted by Gasteiger charge is -2.26. The topological polar surface area (TPSA) is 37.4 Å². The Kier molecular flexibility index (Phi) is 4.00. The van der Waals surface area contributed by atoms with Crippen LogP contribution in [-0.2, 0) is 9.59 Å². The molecule has 1 aliphatic heterocycles. The third kappa shape index (κ3) is 3.30. The van der Waals surface area contributed by atoms with E-state index < -0.39 is 0 Å². The molecule has 3 nitrogen and oxygen atoms in total. The lowest BCUT2D eigenvalue weighted by Crippen LogP contribution is -2.38. The molecule has 3 heteroatoms. The Morgan fingerprint density at radius 3 is 2.18 bits per heavy atom. The number of hydrogen-bond acceptors (Lipinski definition) is 2. The van der Waals surface area contributed by atoms with Crippen LogP contribution in [0.15, 0.2) is 0 Å². The van der Waals surface area contributed by atoms with Gasteiger partial charge in [-0.2, -0.15) is 0 Å². The predicted molar refractivity (Wildman–Crippen MR) is 68.3 cm³/mol. The normalized spacial score (nSPS) is 23.7. The molecule has 1 fully saturated rings. The number of likely N-dealkylation sites (tertiary alicyclic amines) is 1. The molecule has 0 N–H and O–H groups in total. The summed E-state index contributed by atoms with van der Waals surface area (Å²) in [7, 11) is 0. The van der Waals surface area contributed by atoms with E-state index in [1.807, 2.05) is 20.8 Å². The summed E-state index contributed by atoms with van der Waals surface area (Å²) in [5.74, 6) is 0.640. The van der Waals surface area contributed by atoms with Crippen LogP contribution in [0.3, 0.4) is 0 Å². The van der Waals surface area contributed by atoms with Crippen LogP contribution in [0.25, 0.3) is 0 Å². The van der Waals surface area contributed by atoms with Gasteiger partial charge in [0.1, 0.15) is 0 Å². The third-order valence-corrected chi connectivity index (χ3v) is 3.60. The minimum atomic E-state index is -0.107. The van der Waals surface area contributed by atoms with Crippen LogP contribution >= 0.6 is 0 Å². The highest BCUT2D eigenvalue weighted by Gasteiger charge is 2.42. The van der Waals surface area contributed by atoms with Crippen LogP contribution in [0.5, 0.6) is 0 Å². The first-order chi connectivity index (χ1) is 7.63. The summed E-state index contributed by atoms with van der Waals surface area (Å²) < 4.78 is 0. The second kappa shape index (κ2) is 4.79. The molecule has 0 saturated carbocycles. The van der Waals surface area contributed by atoms with E-state index in [1.165, 1.54) is 4.90 Å². The summed E-state index contributed by atoms with van der Waals surface area (Å²) in [5, 5.41) is 0. The molecule has 2 unspecified atom stereocenters. The minimum Gasteiger partial charge on any atom is -0.282 e. The van der Waals surface area contributed by atoms with Crippen LogP contribution in [0.4, 0.5) is 0 Å². The summed E-state index contributed by atoms with van der Waals surface area (Å²) in [4.78, 5) is 25.6. The molecule has 17 heavy (non-hydrogen) atoms. The first-order valence-electron chi connectivity index (χ1n) is 6.47. The minimum absolute atomic E-state index is 0.00225. The van der Waals surface area contributed by atoms with E-state index in [2.05, 4.69) is 20.8 Å². The Hall–Kier alpha value is -0.860. The van der Waals surface area contributed by atoms with Crippen molar-refractivity contribution in [3.8, 4) is 0 Å². The molecular weight excluding hydrogens is 214 g/mol. The van der Waals surface area contributed by atoms with Gasteiger partial charge < -0.3 is 0 Å². The summed E-state index contributed by atoms with van der Waals surface area (Å²) in [6, 6.07) is 0. The van der Waals surface area contributed by atoms with Crippen molar-refractivity contribution in [3.63, 3.8) is 0 Å². The largest absolute Gasteiger partial charge is 0.282 e. The zero-order valence-corrected chi connectivity index (χ0v) is 11.9. The molecular formula is C14H25NO2. The van der Waals surface area contributed by atoms with Gasteiger partial charge in [-0.05, 0) is 17.3 Å². The highest BCUT2D eigenvalue weighted by atomic mass is 16.2. The Balaban J connectivity index is 2.79. The lowest BCUT2D eigenvalue weighted by atomic mass is 9.84. The van der Waals surface area contributed by atoms with E-state index in [0.717, 1.165) is 0 Å². The van der Waals surface area contributed by atoms with E-state index >= 15 is 0 Å². The SMILES string of the molecule is CC(C)C(C)C1CC(=O)N(CC(C)(C)C)C1=O. The predicted octanol–water partition coefficient (Wildman–Crippen LogP) is 2.70. The summed E-state index contributed by atoms with van der Waals surface area (Å²) in [5.41, 5.74) is -0.0265. The van der Waals surface area contributed by atoms with Gasteiger partial charge in [0.15, 0.2) is 0 Å². The Morgan fingerprint density at radius 2 is 1.76 bits per heavy atom. The standard InChI is InChI=1S/C14H25NO2/c1-9(2)10(3)11-7-12(16)15(13(11)17)8-14(4,5)6/h9-11H,7-8H2,1-6H3. The molecule has 2 amide bonds. The van der Waals surface area contributed by atoms with Gasteiger partial charge in [0, 0.05) is 13.0 Å². The number of imide groups is 1. The second-order valence-electron chi connectivity index (χ2n) is 6.79. The van der Waals surface area contributed by atoms with Crippen LogP contribution < -0.4 is 0 Å². The number of carbonyl (C=O) groups excluding carboxylic acids is 2. The molecule has 0 aromatic rings. The van der Waals surface area contributed by atoms with E-state index in [9.17, 15) is 9.59 Å². The van der Waals surface area contributed by atoms with Crippen LogP contribution in [0.1, 0.15) is 48.0 Å². The average Bonchev–Trinajstić information content (AvgIpc) is 2.42. The highest BCUT2D eigenvalue weighted by molar-refractivity contribution is 6.03. The van der Waals surface area contributed by atoms with Crippen molar-refractivity contribution in [3.05, 3.63) is 0 Å². The molecule has 1 aliphatic rings. The van der Waals surface area contributed by atoms with E-state index in [4.69, 9.17) is 0 Å². The van der Waals surface area contributed by atoms with Gasteiger partial charge in [-0.1, -0.05) is 41.5 Å². The molecule has 0 aromatic heterocycles. The molecule has 0 spiro atoms. The fourth-order valence-corrected chi connectivity index (χ4v) is 2.22. The maximum absolute atomic E-state index is 12.2. The van der Waals surface area contributed by atoms with Gasteiger partial charge in [-0.3, -0.25) is 14.5 Å². The molecule has 1 saturated heterocycles. The maximum atomic E-state index is 12.2. The fraction of sp³-hybridized carbons (Fsp3) is 0.857. The maximum Gasteiger partial charge on any atom is 0.233 e. The van der Waals surface area contributed by atoms with Gasteiger partial charge >= 0.3 is 0 Å². The van der Waals surface area contributed by atoms with Crippen molar-refractivity contribution in [1.82, 2.24) is 4.90 Å². The van der Waals surface area contributed by atoms with Crippen molar-refractivity contribution in [2.75, 3.05) is 6.54 Å². The molecule has 1 rings (SSSR count). The Bertz CT molecular complexity index is 315. The van der Waals surface area contributed by atoms with Gasteiger partial charge in [0.2, 0.25) is 11.8 Å². The lowest BCUT2D eigenvalue weighted by molar-refractivity contribution is -0.141. The number of amides is 2. The van der Waals surface area contributed by atoms with Gasteiger partial charge in [0.05, 0.1) is 5.92 Å². The fourth-order valence-electron chi connectivity index (χ4n) is 2.22. The zero-order chi connectivity index (χ0) is 13.4. The molecule has 0 aromatic carbocycles. The summed E-state index contributed by atoms with van der Waals surface area (Å²) in [6.45, 7) is 13.0. The first-order valence-corrected chi connectivity index (χ1v) is 6.47. The summed E-state index contributed by atoms with van der Waals surface area (Å²) >= 11 is 0. The third-order valence-electron chi connectivity index (χ3n) is 3.60. The smallest absolute Gasteiger partial charge is 0.233 e. The number of hydrogen-bond donors (Lipinski definition) is 0. The van der Waals surface area contributed by atoms with Gasteiger partial charge in [-0.15, -0.1) is 0 Å². The van der Waals surface area contributed by atoms with Gasteiger partial charge in [0.25, 0.3) is 0 Å². The molecule has 98 valence electrons. The number of nitrogens with zero attached hydrogens (tertiary/aromatic N) is 1. The van der Waals surface area contributed by atoms with E-state index in [1.54, 1.807) is 0 Å². The van der Waals surface area contributed by atoms with Crippen molar-refractivity contribution < 1.29 is 9.59 Å². The van der Waals surface area contributed by atoms with E-state index in [-0.39, 0.29) is 29.1 Å². The number of carbonyl (C=O) groups is 2. The molecule has 1 heterocycles. The Morgan fingerprint density at radius 1 is 1.24 bits per heavy atom. The second-order valence-corrected chi connectivity index (χ2v) is 6.79. The quantitative estimate of drug-likeness (QED) is 0.710. The zero-order valence-electron chi connectivity index (χ0n) is 11.9. The van der Waals surface area contributed by atoms with Crippen molar-refractivity contribution in [1.29, 1.82) is 0 Å². The van der Waals surface area contributed by atoms with Crippen LogP contribution in [0, 0.1) is 23.2 Å².